The van der Waals surface area contributed by atoms with Crippen LogP contribution in [0.3, 0.4) is 0 Å². The van der Waals surface area contributed by atoms with Crippen LogP contribution in [0.1, 0.15) is 6.42 Å². The van der Waals surface area contributed by atoms with Gasteiger partial charge in [0.1, 0.15) is 0 Å². The number of nitrogens with two attached hydrogens (primary N) is 2. The second-order valence-corrected chi connectivity index (χ2v) is 19.0. The lowest BCUT2D eigenvalue weighted by atomic mass is 10.5. The molecule has 10 heavy (non-hydrogen) atoms. The van der Waals surface area contributed by atoms with E-state index < -0.39 is 0 Å². The van der Waals surface area contributed by atoms with Crippen LogP contribution in [0.15, 0.2) is 0 Å². The Morgan fingerprint density at radius 1 is 0.900 bits per heavy atom. The maximum absolute atomic E-state index is 5.42. The van der Waals surface area contributed by atoms with Gasteiger partial charge in [-0.05, 0) is 28.1 Å². The minimum atomic E-state index is 0.418. The molecule has 5 heteroatoms. The Kier molecular flexibility index (Phi) is 10.1. The fourth-order valence-electron chi connectivity index (χ4n) is 0.996. The van der Waals surface area contributed by atoms with Crippen LogP contribution in [0.2, 0.25) is 12.1 Å². The van der Waals surface area contributed by atoms with Gasteiger partial charge in [0.05, 0.1) is 0 Å². The van der Waals surface area contributed by atoms with Crippen LogP contribution in [-0.2, 0) is 0 Å². The van der Waals surface area contributed by atoms with Crippen LogP contribution in [0.5, 0.6) is 0 Å². The zero-order valence-corrected chi connectivity index (χ0v) is 11.1. The van der Waals surface area contributed by atoms with Crippen LogP contribution in [-0.4, -0.2) is 39.7 Å². The van der Waals surface area contributed by atoms with Crippen molar-refractivity contribution in [3.8, 4) is 0 Å². The van der Waals surface area contributed by atoms with E-state index in [4.69, 9.17) is 11.5 Å². The molecule has 0 bridgehead atoms. The Labute approximate surface area is 70.2 Å². The first kappa shape index (κ1) is 10.6. The van der Waals surface area contributed by atoms with Gasteiger partial charge in [-0.2, -0.15) is 0 Å². The third-order valence-electron chi connectivity index (χ3n) is 1.66. The summed E-state index contributed by atoms with van der Waals surface area (Å²) in [7, 11) is 1.39. The Morgan fingerprint density at radius 3 is 2.20 bits per heavy atom. The molecule has 4 N–H and O–H groups in total. The van der Waals surface area contributed by atoms with Crippen molar-refractivity contribution in [1.82, 2.24) is 0 Å². The highest BCUT2D eigenvalue weighted by molar-refractivity contribution is 7.29. The summed E-state index contributed by atoms with van der Waals surface area (Å²) in [5.41, 5.74) is 10.8. The van der Waals surface area contributed by atoms with E-state index in [2.05, 4.69) is 0 Å². The van der Waals surface area contributed by atoms with E-state index in [1.165, 1.54) is 18.5 Å². The SMILES string of the molecule is NCCC[SiH2][SiH2][SiH2]CCN. The molecule has 0 aliphatic heterocycles. The minimum Gasteiger partial charge on any atom is -0.331 e. The van der Waals surface area contributed by atoms with E-state index in [0.29, 0.717) is 26.6 Å². The molecule has 0 radical (unpaired) electrons. The summed E-state index contributed by atoms with van der Waals surface area (Å²) < 4.78 is 0. The molecule has 0 aromatic carbocycles. The number of rotatable bonds is 7. The molecule has 0 saturated heterocycles. The summed E-state index contributed by atoms with van der Waals surface area (Å²) in [6, 6.07) is 2.95. The fraction of sp³-hybridized carbons (Fsp3) is 1.00. The lowest BCUT2D eigenvalue weighted by molar-refractivity contribution is 0.928. The van der Waals surface area contributed by atoms with E-state index in [1.54, 1.807) is 0 Å². The molecule has 0 spiro atoms. The second-order valence-electron chi connectivity index (χ2n) is 2.70. The average molecular weight is 192 g/mol. The minimum absolute atomic E-state index is 0.418. The van der Waals surface area contributed by atoms with Gasteiger partial charge in [0.25, 0.3) is 0 Å². The van der Waals surface area contributed by atoms with Gasteiger partial charge in [-0.25, -0.2) is 0 Å². The lowest BCUT2D eigenvalue weighted by Crippen LogP contribution is -2.16. The van der Waals surface area contributed by atoms with Gasteiger partial charge in [-0.15, -0.1) is 0 Å². The molecule has 0 unspecified atom stereocenters. The van der Waals surface area contributed by atoms with Gasteiger partial charge in [-0.3, -0.25) is 0 Å². The van der Waals surface area contributed by atoms with Gasteiger partial charge in [-0.1, -0.05) is 12.1 Å². The van der Waals surface area contributed by atoms with Gasteiger partial charge >= 0.3 is 0 Å². The Bertz CT molecular complexity index is 54.9. The smallest absolute Gasteiger partial charge is 0.00652 e. The summed E-state index contributed by atoms with van der Waals surface area (Å²) in [5.74, 6) is 0. The molecule has 62 valence electrons. The molecule has 0 aromatic heterocycles. The first-order valence-corrected chi connectivity index (χ1v) is 14.3. The highest BCUT2D eigenvalue weighted by Gasteiger charge is 1.90. The first-order valence-electron chi connectivity index (χ1n) is 4.32. The van der Waals surface area contributed by atoms with Gasteiger partial charge in [0.2, 0.25) is 0 Å². The molecule has 0 amide bonds. The van der Waals surface area contributed by atoms with Crippen LogP contribution in [0.25, 0.3) is 0 Å². The van der Waals surface area contributed by atoms with E-state index >= 15 is 0 Å². The van der Waals surface area contributed by atoms with E-state index in [9.17, 15) is 0 Å². The Balaban J connectivity index is 2.65. The van der Waals surface area contributed by atoms with Crippen LogP contribution >= 0.6 is 0 Å². The summed E-state index contributed by atoms with van der Waals surface area (Å²) in [5, 5.41) is 0. The van der Waals surface area contributed by atoms with Crippen molar-refractivity contribution in [2.45, 2.75) is 18.5 Å². The summed E-state index contributed by atoms with van der Waals surface area (Å²) >= 11 is 0. The van der Waals surface area contributed by atoms with Crippen molar-refractivity contribution in [2.75, 3.05) is 13.1 Å². The third kappa shape index (κ3) is 8.57. The van der Waals surface area contributed by atoms with Gasteiger partial charge in [0, 0.05) is 18.1 Å². The highest BCUT2D eigenvalue weighted by Crippen LogP contribution is 1.83. The van der Waals surface area contributed by atoms with Crippen molar-refractivity contribution in [2.24, 2.45) is 11.5 Å². The Morgan fingerprint density at radius 2 is 1.60 bits per heavy atom. The van der Waals surface area contributed by atoms with Crippen molar-refractivity contribution < 1.29 is 0 Å². The molecule has 0 fully saturated rings. The molecule has 2 nitrogen and oxygen atoms in total. The largest absolute Gasteiger partial charge is 0.331 e. The van der Waals surface area contributed by atoms with E-state index in [0.717, 1.165) is 13.1 Å². The molecule has 0 saturated carbocycles. The molecule has 0 rings (SSSR count). The molecule has 0 aromatic rings. The monoisotopic (exact) mass is 192 g/mol. The third-order valence-corrected chi connectivity index (χ3v) is 19.6. The molecular weight excluding hydrogens is 172 g/mol. The normalized spacial score (nSPS) is 13.8. The first-order chi connectivity index (χ1) is 4.91. The standard InChI is InChI=1S/C5H20N2Si3/c6-2-1-4-8-10-9-5-3-7/h1-10H2. The van der Waals surface area contributed by atoms with Crippen molar-refractivity contribution in [3.63, 3.8) is 0 Å². The predicted molar refractivity (Wildman–Crippen MR) is 58.0 cm³/mol. The second kappa shape index (κ2) is 9.57. The van der Waals surface area contributed by atoms with Crippen LogP contribution in [0, 0.1) is 0 Å². The average Bonchev–Trinajstić information content (AvgIpc) is 1.97. The molecule has 0 aliphatic rings. The Hall–Kier alpha value is 0.571. The van der Waals surface area contributed by atoms with Crippen LogP contribution in [0.4, 0.5) is 0 Å². The molecule has 0 heterocycles. The van der Waals surface area contributed by atoms with Gasteiger partial charge < -0.3 is 11.5 Å². The fourth-order valence-corrected chi connectivity index (χ4v) is 17.6. The maximum Gasteiger partial charge on any atom is 0.00652 e. The van der Waals surface area contributed by atoms with Crippen molar-refractivity contribution in [1.29, 1.82) is 0 Å². The summed E-state index contributed by atoms with van der Waals surface area (Å²) in [6.07, 6.45) is 1.30. The topological polar surface area (TPSA) is 52.0 Å². The molecule has 0 aliphatic carbocycles. The highest BCUT2D eigenvalue weighted by atomic mass is 29.5. The summed E-state index contributed by atoms with van der Waals surface area (Å²) in [6.45, 7) is 1.88. The van der Waals surface area contributed by atoms with Crippen molar-refractivity contribution in [3.05, 3.63) is 0 Å². The van der Waals surface area contributed by atoms with Crippen molar-refractivity contribution >= 4 is 26.6 Å². The van der Waals surface area contributed by atoms with E-state index in [-0.39, 0.29) is 0 Å². The van der Waals surface area contributed by atoms with E-state index in [1.807, 2.05) is 0 Å². The summed E-state index contributed by atoms with van der Waals surface area (Å²) in [4.78, 5) is 0. The molecular formula is C5H20N2Si3. The lowest BCUT2D eigenvalue weighted by Gasteiger charge is -1.95. The predicted octanol–water partition coefficient (Wildman–Crippen LogP) is -2.53. The number of hydrogen-bond donors (Lipinski definition) is 2. The molecule has 0 atom stereocenters. The maximum atomic E-state index is 5.42. The van der Waals surface area contributed by atoms with Crippen LogP contribution < -0.4 is 11.5 Å². The zero-order chi connectivity index (χ0) is 7.66. The quantitative estimate of drug-likeness (QED) is 0.345. The number of hydrogen-bond acceptors (Lipinski definition) is 2. The zero-order valence-electron chi connectivity index (χ0n) is 6.81. The van der Waals surface area contributed by atoms with Gasteiger partial charge in [0.15, 0.2) is 0 Å².